The number of nitro benzene ring substituents is 1. The van der Waals surface area contributed by atoms with Gasteiger partial charge in [-0.25, -0.2) is 4.79 Å². The topological polar surface area (TPSA) is 125 Å². The number of carbonyl (C=O) groups is 2. The Kier molecular flexibility index (Phi) is 6.93. The van der Waals surface area contributed by atoms with Crippen molar-refractivity contribution in [2.24, 2.45) is 0 Å². The molecule has 0 saturated carbocycles. The summed E-state index contributed by atoms with van der Waals surface area (Å²) in [6.07, 6.45) is 0. The predicted octanol–water partition coefficient (Wildman–Crippen LogP) is 4.22. The first kappa shape index (κ1) is 21.9. The third-order valence-corrected chi connectivity index (χ3v) is 4.43. The van der Waals surface area contributed by atoms with E-state index in [0.29, 0.717) is 0 Å². The minimum absolute atomic E-state index is 0.0517. The summed E-state index contributed by atoms with van der Waals surface area (Å²) in [7, 11) is 0. The quantitative estimate of drug-likeness (QED) is 0.311. The van der Waals surface area contributed by atoms with Gasteiger partial charge in [-0.05, 0) is 35.1 Å². The van der Waals surface area contributed by atoms with Crippen molar-refractivity contribution in [1.29, 1.82) is 0 Å². The number of hydrogen-bond acceptors (Lipinski definition) is 6. The molecule has 0 unspecified atom stereocenters. The molecule has 0 heterocycles. The molecule has 0 aliphatic carbocycles. The van der Waals surface area contributed by atoms with Crippen LogP contribution in [0.2, 0.25) is 0 Å². The fourth-order valence-corrected chi connectivity index (χ4v) is 2.91. The molecule has 0 aromatic heterocycles. The number of nitrogens with one attached hydrogen (secondary N) is 1. The number of carbonyl (C=O) groups excluding carboxylic acids is 2. The molecule has 0 spiro atoms. The van der Waals surface area contributed by atoms with Gasteiger partial charge < -0.3 is 15.8 Å². The monoisotopic (exact) mass is 399 g/mol. The van der Waals surface area contributed by atoms with Gasteiger partial charge in [-0.3, -0.25) is 14.9 Å². The van der Waals surface area contributed by atoms with E-state index in [1.807, 2.05) is 45.9 Å². The van der Waals surface area contributed by atoms with Gasteiger partial charge in [0.15, 0.2) is 6.61 Å². The second-order valence-electron chi connectivity index (χ2n) is 7.28. The SMILES string of the molecule is CC(C)c1cccc(C(C)C)c1NC(=O)COC(=O)c1ccc(N)c([N+](=O)[O-])c1. The summed E-state index contributed by atoms with van der Waals surface area (Å²) < 4.78 is 5.02. The molecule has 0 radical (unpaired) electrons. The average Bonchev–Trinajstić information content (AvgIpc) is 2.65. The number of nitrogen functional groups attached to an aromatic ring is 1. The Morgan fingerprint density at radius 3 is 2.21 bits per heavy atom. The summed E-state index contributed by atoms with van der Waals surface area (Å²) in [5, 5.41) is 13.8. The van der Waals surface area contributed by atoms with Crippen molar-refractivity contribution in [2.45, 2.75) is 39.5 Å². The average molecular weight is 399 g/mol. The molecule has 8 heteroatoms. The van der Waals surface area contributed by atoms with Crippen LogP contribution in [0.15, 0.2) is 36.4 Å². The lowest BCUT2D eigenvalue weighted by atomic mass is 9.92. The molecule has 29 heavy (non-hydrogen) atoms. The molecule has 154 valence electrons. The van der Waals surface area contributed by atoms with Crippen LogP contribution < -0.4 is 11.1 Å². The van der Waals surface area contributed by atoms with E-state index in [0.717, 1.165) is 22.9 Å². The number of esters is 1. The fraction of sp³-hybridized carbons (Fsp3) is 0.333. The van der Waals surface area contributed by atoms with E-state index in [2.05, 4.69) is 5.32 Å². The van der Waals surface area contributed by atoms with Gasteiger partial charge in [0.2, 0.25) is 0 Å². The standard InChI is InChI=1S/C21H25N3O5/c1-12(2)15-6-5-7-16(13(3)4)20(15)23-19(25)11-29-21(26)14-8-9-17(22)18(10-14)24(27)28/h5-10,12-13H,11,22H2,1-4H3,(H,23,25). The second-order valence-corrected chi connectivity index (χ2v) is 7.28. The van der Waals surface area contributed by atoms with E-state index < -0.39 is 29.1 Å². The molecule has 2 aromatic rings. The summed E-state index contributed by atoms with van der Waals surface area (Å²) in [6, 6.07) is 9.45. The number of nitrogens with two attached hydrogens (primary N) is 1. The van der Waals surface area contributed by atoms with Crippen LogP contribution in [0.4, 0.5) is 17.1 Å². The number of rotatable bonds is 7. The van der Waals surface area contributed by atoms with Crippen LogP contribution in [0, 0.1) is 10.1 Å². The van der Waals surface area contributed by atoms with Gasteiger partial charge >= 0.3 is 5.97 Å². The number of nitro groups is 1. The van der Waals surface area contributed by atoms with E-state index >= 15 is 0 Å². The lowest BCUT2D eigenvalue weighted by Crippen LogP contribution is -2.22. The summed E-state index contributed by atoms with van der Waals surface area (Å²) >= 11 is 0. The number of nitrogens with zero attached hydrogens (tertiary/aromatic N) is 1. The molecule has 0 aliphatic rings. The first-order chi connectivity index (χ1) is 13.6. The molecule has 1 amide bonds. The summed E-state index contributed by atoms with van der Waals surface area (Å²) in [5.41, 5.74) is 7.72. The maximum Gasteiger partial charge on any atom is 0.338 e. The maximum absolute atomic E-state index is 12.4. The predicted molar refractivity (Wildman–Crippen MR) is 111 cm³/mol. The number of para-hydroxylation sites is 1. The lowest BCUT2D eigenvalue weighted by molar-refractivity contribution is -0.383. The zero-order valence-electron chi connectivity index (χ0n) is 16.9. The fourth-order valence-electron chi connectivity index (χ4n) is 2.91. The molecule has 2 rings (SSSR count). The molecule has 0 aliphatic heterocycles. The Bertz CT molecular complexity index is 912. The molecule has 0 atom stereocenters. The maximum atomic E-state index is 12.4. The van der Waals surface area contributed by atoms with E-state index in [4.69, 9.17) is 10.5 Å². The van der Waals surface area contributed by atoms with E-state index in [1.165, 1.54) is 12.1 Å². The van der Waals surface area contributed by atoms with E-state index in [-0.39, 0.29) is 23.1 Å². The largest absolute Gasteiger partial charge is 0.452 e. The Hall–Kier alpha value is -3.42. The highest BCUT2D eigenvalue weighted by Crippen LogP contribution is 2.32. The van der Waals surface area contributed by atoms with Crippen molar-refractivity contribution in [1.82, 2.24) is 0 Å². The Morgan fingerprint density at radius 2 is 1.69 bits per heavy atom. The molecular formula is C21H25N3O5. The number of amides is 1. The minimum atomic E-state index is -0.843. The van der Waals surface area contributed by atoms with Crippen molar-refractivity contribution in [3.05, 3.63) is 63.2 Å². The van der Waals surface area contributed by atoms with Crippen LogP contribution in [0.25, 0.3) is 0 Å². The highest BCUT2D eigenvalue weighted by atomic mass is 16.6. The minimum Gasteiger partial charge on any atom is -0.452 e. The number of benzene rings is 2. The molecule has 3 N–H and O–H groups in total. The first-order valence-corrected chi connectivity index (χ1v) is 9.25. The molecule has 0 saturated heterocycles. The summed E-state index contributed by atoms with van der Waals surface area (Å²) in [5.74, 6) is -0.938. The third-order valence-electron chi connectivity index (χ3n) is 4.43. The molecule has 0 fully saturated rings. The number of anilines is 2. The highest BCUT2D eigenvalue weighted by Gasteiger charge is 2.19. The van der Waals surface area contributed by atoms with Gasteiger partial charge in [-0.1, -0.05) is 45.9 Å². The van der Waals surface area contributed by atoms with Crippen molar-refractivity contribution in [2.75, 3.05) is 17.7 Å². The van der Waals surface area contributed by atoms with Crippen LogP contribution in [0.3, 0.4) is 0 Å². The molecular weight excluding hydrogens is 374 g/mol. The van der Waals surface area contributed by atoms with Crippen LogP contribution in [-0.4, -0.2) is 23.4 Å². The van der Waals surface area contributed by atoms with Crippen LogP contribution in [0.1, 0.15) is 61.0 Å². The van der Waals surface area contributed by atoms with Gasteiger partial charge in [0, 0.05) is 11.8 Å². The van der Waals surface area contributed by atoms with Crippen LogP contribution in [0.5, 0.6) is 0 Å². The van der Waals surface area contributed by atoms with Gasteiger partial charge in [-0.15, -0.1) is 0 Å². The zero-order chi connectivity index (χ0) is 21.7. The molecule has 2 aromatic carbocycles. The number of ether oxygens (including phenoxy) is 1. The smallest absolute Gasteiger partial charge is 0.338 e. The van der Waals surface area contributed by atoms with Crippen LogP contribution in [-0.2, 0) is 9.53 Å². The van der Waals surface area contributed by atoms with Crippen molar-refractivity contribution < 1.29 is 19.2 Å². The highest BCUT2D eigenvalue weighted by molar-refractivity contribution is 5.97. The third kappa shape index (κ3) is 5.31. The Balaban J connectivity index is 2.12. The molecule has 8 nitrogen and oxygen atoms in total. The van der Waals surface area contributed by atoms with Crippen molar-refractivity contribution >= 4 is 28.9 Å². The summed E-state index contributed by atoms with van der Waals surface area (Å²) in [4.78, 5) is 34.8. The zero-order valence-corrected chi connectivity index (χ0v) is 16.9. The van der Waals surface area contributed by atoms with E-state index in [9.17, 15) is 19.7 Å². The Morgan fingerprint density at radius 1 is 1.10 bits per heavy atom. The van der Waals surface area contributed by atoms with E-state index in [1.54, 1.807) is 0 Å². The van der Waals surface area contributed by atoms with Gasteiger partial charge in [-0.2, -0.15) is 0 Å². The lowest BCUT2D eigenvalue weighted by Gasteiger charge is -2.20. The Labute approximate surface area is 169 Å². The molecule has 0 bridgehead atoms. The van der Waals surface area contributed by atoms with Crippen LogP contribution >= 0.6 is 0 Å². The van der Waals surface area contributed by atoms with Gasteiger partial charge in [0.1, 0.15) is 5.69 Å². The second kappa shape index (κ2) is 9.18. The normalized spacial score (nSPS) is 10.8. The number of hydrogen-bond donors (Lipinski definition) is 2. The van der Waals surface area contributed by atoms with Gasteiger partial charge in [0.05, 0.1) is 10.5 Å². The summed E-state index contributed by atoms with van der Waals surface area (Å²) in [6.45, 7) is 7.61. The van der Waals surface area contributed by atoms with Crippen molar-refractivity contribution in [3.63, 3.8) is 0 Å². The van der Waals surface area contributed by atoms with Gasteiger partial charge in [0.25, 0.3) is 11.6 Å². The van der Waals surface area contributed by atoms with Crippen molar-refractivity contribution in [3.8, 4) is 0 Å². The first-order valence-electron chi connectivity index (χ1n) is 9.25.